The number of carbonyl (C=O) groups excluding carboxylic acids is 2. The molecule has 1 atom stereocenters. The molecule has 1 aliphatic rings. The third-order valence-corrected chi connectivity index (χ3v) is 3.54. The van der Waals surface area contributed by atoms with Gasteiger partial charge in [0.05, 0.1) is 17.8 Å². The Morgan fingerprint density at radius 2 is 2.26 bits per heavy atom. The first-order valence-electron chi connectivity index (χ1n) is 6.65. The largest absolute Gasteiger partial charge is 0.369 e. The van der Waals surface area contributed by atoms with Crippen molar-refractivity contribution in [1.82, 2.24) is 4.98 Å². The standard InChI is InChI=1S/C14H19N3O2/c1-2-13(18)12-6-5-11(8-16-12)17-7-3-4-10(9-17)14(15)19/h5-6,8,10H,2-4,7,9H2,1H3,(H2,15,19). The highest BCUT2D eigenvalue weighted by Gasteiger charge is 2.24. The van der Waals surface area contributed by atoms with E-state index in [1.165, 1.54) is 0 Å². The highest BCUT2D eigenvalue weighted by molar-refractivity contribution is 5.94. The Labute approximate surface area is 112 Å². The number of rotatable bonds is 4. The zero-order valence-corrected chi connectivity index (χ0v) is 11.1. The van der Waals surface area contributed by atoms with E-state index < -0.39 is 0 Å². The Morgan fingerprint density at radius 3 is 2.84 bits per heavy atom. The second kappa shape index (κ2) is 5.82. The third-order valence-electron chi connectivity index (χ3n) is 3.54. The lowest BCUT2D eigenvalue weighted by atomic mass is 9.97. The summed E-state index contributed by atoms with van der Waals surface area (Å²) in [7, 11) is 0. The van der Waals surface area contributed by atoms with E-state index in [9.17, 15) is 9.59 Å². The molecule has 1 saturated heterocycles. The Balaban J connectivity index is 2.09. The van der Waals surface area contributed by atoms with Crippen molar-refractivity contribution < 1.29 is 9.59 Å². The van der Waals surface area contributed by atoms with Crippen LogP contribution in [0.5, 0.6) is 0 Å². The molecule has 2 N–H and O–H groups in total. The minimum Gasteiger partial charge on any atom is -0.369 e. The fourth-order valence-electron chi connectivity index (χ4n) is 2.36. The first-order valence-corrected chi connectivity index (χ1v) is 6.65. The second-order valence-electron chi connectivity index (χ2n) is 4.87. The molecular formula is C14H19N3O2. The lowest BCUT2D eigenvalue weighted by Crippen LogP contribution is -2.41. The van der Waals surface area contributed by atoms with Crippen molar-refractivity contribution in [3.8, 4) is 0 Å². The quantitative estimate of drug-likeness (QED) is 0.831. The maximum atomic E-state index is 11.5. The molecule has 0 spiro atoms. The lowest BCUT2D eigenvalue weighted by Gasteiger charge is -2.32. The van der Waals surface area contributed by atoms with E-state index in [1.807, 2.05) is 13.0 Å². The average molecular weight is 261 g/mol. The Morgan fingerprint density at radius 1 is 1.47 bits per heavy atom. The summed E-state index contributed by atoms with van der Waals surface area (Å²) in [5.74, 6) is -0.290. The summed E-state index contributed by atoms with van der Waals surface area (Å²) in [6, 6.07) is 3.63. The molecule has 0 saturated carbocycles. The maximum Gasteiger partial charge on any atom is 0.222 e. The van der Waals surface area contributed by atoms with Crippen LogP contribution in [-0.4, -0.2) is 29.8 Å². The van der Waals surface area contributed by atoms with Crippen molar-refractivity contribution in [2.24, 2.45) is 11.7 Å². The van der Waals surface area contributed by atoms with Gasteiger partial charge in [0.15, 0.2) is 5.78 Å². The molecule has 0 aromatic carbocycles. The smallest absolute Gasteiger partial charge is 0.222 e. The number of carbonyl (C=O) groups is 2. The van der Waals surface area contributed by atoms with Gasteiger partial charge in [-0.2, -0.15) is 0 Å². The number of amides is 1. The van der Waals surface area contributed by atoms with Gasteiger partial charge in [0.1, 0.15) is 5.69 Å². The van der Waals surface area contributed by atoms with Crippen LogP contribution in [0.3, 0.4) is 0 Å². The minimum absolute atomic E-state index is 0.0419. The highest BCUT2D eigenvalue weighted by atomic mass is 16.1. The maximum absolute atomic E-state index is 11.5. The molecule has 1 amide bonds. The van der Waals surface area contributed by atoms with Crippen LogP contribution in [0.25, 0.3) is 0 Å². The van der Waals surface area contributed by atoms with Crippen LogP contribution in [0.15, 0.2) is 18.3 Å². The number of hydrogen-bond acceptors (Lipinski definition) is 4. The predicted octanol–water partition coefficient (Wildman–Crippen LogP) is 1.38. The van der Waals surface area contributed by atoms with E-state index in [0.717, 1.165) is 25.1 Å². The van der Waals surface area contributed by atoms with Gasteiger partial charge in [-0.25, -0.2) is 0 Å². The van der Waals surface area contributed by atoms with Crippen LogP contribution in [0.2, 0.25) is 0 Å². The molecule has 5 heteroatoms. The second-order valence-corrected chi connectivity index (χ2v) is 4.87. The molecule has 1 aliphatic heterocycles. The van der Waals surface area contributed by atoms with Crippen LogP contribution < -0.4 is 10.6 Å². The van der Waals surface area contributed by atoms with Crippen LogP contribution in [-0.2, 0) is 4.79 Å². The summed E-state index contributed by atoms with van der Waals surface area (Å²) >= 11 is 0. The van der Waals surface area contributed by atoms with Crippen molar-refractivity contribution in [3.63, 3.8) is 0 Å². The van der Waals surface area contributed by atoms with Crippen LogP contribution >= 0.6 is 0 Å². The van der Waals surface area contributed by atoms with Gasteiger partial charge in [-0.05, 0) is 25.0 Å². The summed E-state index contributed by atoms with van der Waals surface area (Å²) in [5, 5.41) is 0. The monoisotopic (exact) mass is 261 g/mol. The molecule has 5 nitrogen and oxygen atoms in total. The molecule has 19 heavy (non-hydrogen) atoms. The number of piperidine rings is 1. The number of primary amides is 1. The zero-order valence-electron chi connectivity index (χ0n) is 11.1. The van der Waals surface area contributed by atoms with Crippen molar-refractivity contribution >= 4 is 17.4 Å². The molecule has 102 valence electrons. The number of nitrogens with zero attached hydrogens (tertiary/aromatic N) is 2. The van der Waals surface area contributed by atoms with E-state index >= 15 is 0 Å². The van der Waals surface area contributed by atoms with Crippen LogP contribution in [0.4, 0.5) is 5.69 Å². The van der Waals surface area contributed by atoms with E-state index in [4.69, 9.17) is 5.73 Å². The fraction of sp³-hybridized carbons (Fsp3) is 0.500. The van der Waals surface area contributed by atoms with Gasteiger partial charge >= 0.3 is 0 Å². The third kappa shape index (κ3) is 3.10. The van der Waals surface area contributed by atoms with E-state index in [-0.39, 0.29) is 17.6 Å². The fourth-order valence-corrected chi connectivity index (χ4v) is 2.36. The molecule has 2 heterocycles. The molecule has 1 fully saturated rings. The van der Waals surface area contributed by atoms with E-state index in [0.29, 0.717) is 18.7 Å². The summed E-state index contributed by atoms with van der Waals surface area (Å²) in [6.07, 6.45) is 3.96. The molecule has 2 rings (SSSR count). The molecule has 1 aromatic rings. The van der Waals surface area contributed by atoms with Crippen molar-refractivity contribution in [3.05, 3.63) is 24.0 Å². The normalized spacial score (nSPS) is 19.2. The SMILES string of the molecule is CCC(=O)c1ccc(N2CCCC(C(N)=O)C2)cn1. The van der Waals surface area contributed by atoms with Gasteiger partial charge in [-0.1, -0.05) is 6.92 Å². The van der Waals surface area contributed by atoms with Crippen molar-refractivity contribution in [2.75, 3.05) is 18.0 Å². The zero-order chi connectivity index (χ0) is 13.8. The van der Waals surface area contributed by atoms with Gasteiger partial charge in [0.2, 0.25) is 5.91 Å². The number of aromatic nitrogens is 1. The predicted molar refractivity (Wildman–Crippen MR) is 73.0 cm³/mol. The molecule has 0 bridgehead atoms. The summed E-state index contributed by atoms with van der Waals surface area (Å²) in [5.41, 5.74) is 6.80. The summed E-state index contributed by atoms with van der Waals surface area (Å²) in [6.45, 7) is 3.35. The minimum atomic E-state index is -0.240. The summed E-state index contributed by atoms with van der Waals surface area (Å²) in [4.78, 5) is 29.0. The first-order chi connectivity index (χ1) is 9.11. The molecule has 1 aromatic heterocycles. The van der Waals surface area contributed by atoms with E-state index in [2.05, 4.69) is 9.88 Å². The molecule has 1 unspecified atom stereocenters. The van der Waals surface area contributed by atoms with Crippen LogP contribution in [0, 0.1) is 5.92 Å². The van der Waals surface area contributed by atoms with Crippen molar-refractivity contribution in [2.45, 2.75) is 26.2 Å². The number of Topliss-reactive ketones (excluding diaryl/α,β-unsaturated/α-hetero) is 1. The highest BCUT2D eigenvalue weighted by Crippen LogP contribution is 2.22. The first kappa shape index (κ1) is 13.5. The number of anilines is 1. The van der Waals surface area contributed by atoms with Gasteiger partial charge < -0.3 is 10.6 Å². The van der Waals surface area contributed by atoms with E-state index in [1.54, 1.807) is 12.3 Å². The molecule has 0 radical (unpaired) electrons. The average Bonchev–Trinajstić information content (AvgIpc) is 2.46. The number of hydrogen-bond donors (Lipinski definition) is 1. The van der Waals surface area contributed by atoms with Gasteiger partial charge in [-0.15, -0.1) is 0 Å². The van der Waals surface area contributed by atoms with Gasteiger partial charge in [0, 0.05) is 19.5 Å². The number of pyridine rings is 1. The molecular weight excluding hydrogens is 242 g/mol. The molecule has 0 aliphatic carbocycles. The number of nitrogens with two attached hydrogens (primary N) is 1. The Bertz CT molecular complexity index is 470. The van der Waals surface area contributed by atoms with Crippen molar-refractivity contribution in [1.29, 1.82) is 0 Å². The Kier molecular flexibility index (Phi) is 4.14. The van der Waals surface area contributed by atoms with Crippen LogP contribution in [0.1, 0.15) is 36.7 Å². The number of ketones is 1. The Hall–Kier alpha value is -1.91. The summed E-state index contributed by atoms with van der Waals surface area (Å²) < 4.78 is 0. The van der Waals surface area contributed by atoms with Gasteiger partial charge in [0.25, 0.3) is 0 Å². The topological polar surface area (TPSA) is 76.3 Å². The van der Waals surface area contributed by atoms with Gasteiger partial charge in [-0.3, -0.25) is 14.6 Å². The lowest BCUT2D eigenvalue weighted by molar-refractivity contribution is -0.122.